The Morgan fingerprint density at radius 2 is 1.94 bits per heavy atom. The standard InChI is InChI=1S/C14H21FN2.ClH/c1-14(2,16)10-17-8-7-12(9-17)11-3-5-13(15)6-4-11;/h3-6,12H,7-10,16H2,1-2H3;1H. The van der Waals surface area contributed by atoms with Gasteiger partial charge in [0.2, 0.25) is 0 Å². The molecule has 1 aromatic rings. The Morgan fingerprint density at radius 1 is 1.33 bits per heavy atom. The molecular formula is C14H22ClFN2. The molecule has 2 N–H and O–H groups in total. The van der Waals surface area contributed by atoms with E-state index in [1.54, 1.807) is 12.1 Å². The molecule has 1 aromatic carbocycles. The summed E-state index contributed by atoms with van der Waals surface area (Å²) in [5.41, 5.74) is 7.13. The Hall–Kier alpha value is -0.640. The van der Waals surface area contributed by atoms with E-state index in [-0.39, 0.29) is 23.8 Å². The molecule has 1 atom stereocenters. The minimum Gasteiger partial charge on any atom is -0.324 e. The maximum absolute atomic E-state index is 12.8. The zero-order valence-corrected chi connectivity index (χ0v) is 11.8. The van der Waals surface area contributed by atoms with E-state index < -0.39 is 0 Å². The Morgan fingerprint density at radius 3 is 2.50 bits per heavy atom. The summed E-state index contributed by atoms with van der Waals surface area (Å²) in [6.45, 7) is 7.15. The van der Waals surface area contributed by atoms with Crippen molar-refractivity contribution < 1.29 is 4.39 Å². The molecule has 1 aliphatic heterocycles. The lowest BCUT2D eigenvalue weighted by molar-refractivity contribution is 0.269. The van der Waals surface area contributed by atoms with E-state index in [4.69, 9.17) is 5.73 Å². The number of halogens is 2. The van der Waals surface area contributed by atoms with Gasteiger partial charge in [-0.05, 0) is 50.4 Å². The fourth-order valence-electron chi connectivity index (χ4n) is 2.56. The van der Waals surface area contributed by atoms with Crippen molar-refractivity contribution in [3.05, 3.63) is 35.6 Å². The maximum Gasteiger partial charge on any atom is 0.123 e. The third kappa shape index (κ3) is 4.23. The molecule has 1 aliphatic rings. The van der Waals surface area contributed by atoms with Crippen molar-refractivity contribution in [2.75, 3.05) is 19.6 Å². The van der Waals surface area contributed by atoms with Gasteiger partial charge >= 0.3 is 0 Å². The predicted octanol–water partition coefficient (Wildman–Crippen LogP) is 2.77. The normalized spacial score (nSPS) is 20.8. The molecular weight excluding hydrogens is 251 g/mol. The van der Waals surface area contributed by atoms with Gasteiger partial charge in [0.25, 0.3) is 0 Å². The van der Waals surface area contributed by atoms with Crippen molar-refractivity contribution in [2.45, 2.75) is 31.7 Å². The van der Waals surface area contributed by atoms with Crippen LogP contribution in [0.4, 0.5) is 4.39 Å². The first-order chi connectivity index (χ1) is 7.94. The number of nitrogens with zero attached hydrogens (tertiary/aromatic N) is 1. The predicted molar refractivity (Wildman–Crippen MR) is 75.7 cm³/mol. The molecule has 0 radical (unpaired) electrons. The Balaban J connectivity index is 0.00000162. The average molecular weight is 273 g/mol. The molecule has 102 valence electrons. The molecule has 18 heavy (non-hydrogen) atoms. The smallest absolute Gasteiger partial charge is 0.123 e. The third-order valence-electron chi connectivity index (χ3n) is 3.24. The van der Waals surface area contributed by atoms with Crippen LogP contribution in [0.3, 0.4) is 0 Å². The molecule has 0 bridgehead atoms. The van der Waals surface area contributed by atoms with Crippen LogP contribution in [0.1, 0.15) is 31.7 Å². The van der Waals surface area contributed by atoms with E-state index in [2.05, 4.69) is 18.7 Å². The fourth-order valence-corrected chi connectivity index (χ4v) is 2.56. The van der Waals surface area contributed by atoms with Gasteiger partial charge in [0.15, 0.2) is 0 Å². The highest BCUT2D eigenvalue weighted by atomic mass is 35.5. The highest BCUT2D eigenvalue weighted by Gasteiger charge is 2.26. The molecule has 4 heteroatoms. The Labute approximate surface area is 115 Å². The van der Waals surface area contributed by atoms with Gasteiger partial charge in [0.1, 0.15) is 5.82 Å². The van der Waals surface area contributed by atoms with Crippen LogP contribution >= 0.6 is 12.4 Å². The average Bonchev–Trinajstić information content (AvgIpc) is 2.64. The second kappa shape index (κ2) is 6.00. The summed E-state index contributed by atoms with van der Waals surface area (Å²) in [5.74, 6) is 0.365. The Kier molecular flexibility index (Phi) is 5.14. The largest absolute Gasteiger partial charge is 0.324 e. The molecule has 0 saturated carbocycles. The van der Waals surface area contributed by atoms with Crippen molar-refractivity contribution >= 4 is 12.4 Å². The zero-order chi connectivity index (χ0) is 12.5. The summed E-state index contributed by atoms with van der Waals surface area (Å²) < 4.78 is 12.8. The van der Waals surface area contributed by atoms with Gasteiger partial charge < -0.3 is 10.6 Å². The molecule has 0 amide bonds. The summed E-state index contributed by atoms with van der Waals surface area (Å²) in [6.07, 6.45) is 1.14. The van der Waals surface area contributed by atoms with Crippen molar-refractivity contribution in [3.63, 3.8) is 0 Å². The molecule has 0 aromatic heterocycles. The molecule has 2 rings (SSSR count). The number of nitrogens with two attached hydrogens (primary N) is 1. The van der Waals surface area contributed by atoms with Crippen molar-refractivity contribution in [1.82, 2.24) is 4.90 Å². The van der Waals surface area contributed by atoms with Crippen molar-refractivity contribution in [1.29, 1.82) is 0 Å². The first kappa shape index (κ1) is 15.4. The summed E-state index contributed by atoms with van der Waals surface area (Å²) in [5, 5.41) is 0. The van der Waals surface area contributed by atoms with Gasteiger partial charge in [-0.3, -0.25) is 0 Å². The summed E-state index contributed by atoms with van der Waals surface area (Å²) in [7, 11) is 0. The molecule has 0 spiro atoms. The summed E-state index contributed by atoms with van der Waals surface area (Å²) >= 11 is 0. The van der Waals surface area contributed by atoms with Gasteiger partial charge in [-0.15, -0.1) is 12.4 Å². The van der Waals surface area contributed by atoms with E-state index in [9.17, 15) is 4.39 Å². The lowest BCUT2D eigenvalue weighted by Gasteiger charge is -2.26. The van der Waals surface area contributed by atoms with Crippen LogP contribution in [0.5, 0.6) is 0 Å². The van der Waals surface area contributed by atoms with E-state index in [0.29, 0.717) is 5.92 Å². The van der Waals surface area contributed by atoms with Crippen LogP contribution in [0.25, 0.3) is 0 Å². The third-order valence-corrected chi connectivity index (χ3v) is 3.24. The number of rotatable bonds is 3. The van der Waals surface area contributed by atoms with Crippen LogP contribution < -0.4 is 5.73 Å². The molecule has 1 heterocycles. The highest BCUT2D eigenvalue weighted by Crippen LogP contribution is 2.27. The Bertz CT molecular complexity index is 372. The quantitative estimate of drug-likeness (QED) is 0.917. The van der Waals surface area contributed by atoms with Crippen LogP contribution in [0.15, 0.2) is 24.3 Å². The second-order valence-corrected chi connectivity index (χ2v) is 5.76. The van der Waals surface area contributed by atoms with Gasteiger partial charge in [-0.25, -0.2) is 4.39 Å². The van der Waals surface area contributed by atoms with E-state index in [0.717, 1.165) is 26.1 Å². The minimum absolute atomic E-state index is 0. The lowest BCUT2D eigenvalue weighted by atomic mass is 9.98. The molecule has 2 nitrogen and oxygen atoms in total. The zero-order valence-electron chi connectivity index (χ0n) is 11.0. The molecule has 1 unspecified atom stereocenters. The second-order valence-electron chi connectivity index (χ2n) is 5.76. The first-order valence-corrected chi connectivity index (χ1v) is 6.21. The van der Waals surface area contributed by atoms with E-state index >= 15 is 0 Å². The topological polar surface area (TPSA) is 29.3 Å². The number of hydrogen-bond acceptors (Lipinski definition) is 2. The maximum atomic E-state index is 12.8. The molecule has 1 saturated heterocycles. The summed E-state index contributed by atoms with van der Waals surface area (Å²) in [6, 6.07) is 6.89. The number of hydrogen-bond donors (Lipinski definition) is 1. The lowest BCUT2D eigenvalue weighted by Crippen LogP contribution is -2.44. The first-order valence-electron chi connectivity index (χ1n) is 6.21. The summed E-state index contributed by atoms with van der Waals surface area (Å²) in [4.78, 5) is 2.40. The van der Waals surface area contributed by atoms with Crippen LogP contribution in [0.2, 0.25) is 0 Å². The highest BCUT2D eigenvalue weighted by molar-refractivity contribution is 5.85. The monoisotopic (exact) mass is 272 g/mol. The van der Waals surface area contributed by atoms with Gasteiger partial charge in [-0.2, -0.15) is 0 Å². The fraction of sp³-hybridized carbons (Fsp3) is 0.571. The number of benzene rings is 1. The van der Waals surface area contributed by atoms with E-state index in [1.807, 2.05) is 12.1 Å². The molecule has 1 fully saturated rings. The van der Waals surface area contributed by atoms with Gasteiger partial charge in [-0.1, -0.05) is 12.1 Å². The van der Waals surface area contributed by atoms with Crippen LogP contribution in [-0.4, -0.2) is 30.1 Å². The van der Waals surface area contributed by atoms with E-state index in [1.165, 1.54) is 5.56 Å². The minimum atomic E-state index is -0.160. The van der Waals surface area contributed by atoms with Crippen LogP contribution in [-0.2, 0) is 0 Å². The number of likely N-dealkylation sites (tertiary alicyclic amines) is 1. The van der Waals surface area contributed by atoms with Crippen LogP contribution in [0, 0.1) is 5.82 Å². The molecule has 0 aliphatic carbocycles. The SMILES string of the molecule is CC(C)(N)CN1CCC(c2ccc(F)cc2)C1.Cl. The van der Waals surface area contributed by atoms with Gasteiger partial charge in [0, 0.05) is 18.6 Å². The van der Waals surface area contributed by atoms with Crippen molar-refractivity contribution in [3.8, 4) is 0 Å². The van der Waals surface area contributed by atoms with Crippen molar-refractivity contribution in [2.24, 2.45) is 5.73 Å². The van der Waals surface area contributed by atoms with Gasteiger partial charge in [0.05, 0.1) is 0 Å².